The third kappa shape index (κ3) is 5.42. The van der Waals surface area contributed by atoms with Crippen LogP contribution in [0.15, 0.2) is 24.3 Å². The zero-order valence-electron chi connectivity index (χ0n) is 10.8. The molecule has 18 heavy (non-hydrogen) atoms. The van der Waals surface area contributed by atoms with Crippen LogP contribution in [-0.4, -0.2) is 27.7 Å². The van der Waals surface area contributed by atoms with Crippen LogP contribution in [0.5, 0.6) is 0 Å². The summed E-state index contributed by atoms with van der Waals surface area (Å²) < 4.78 is 11.7. The molecule has 1 aromatic carbocycles. The van der Waals surface area contributed by atoms with E-state index in [9.17, 15) is 9.00 Å². The molecule has 3 N–H and O–H groups in total. The minimum atomic E-state index is -1.20. The summed E-state index contributed by atoms with van der Waals surface area (Å²) in [4.78, 5) is 11.7. The highest BCUT2D eigenvalue weighted by atomic mass is 32.2. The van der Waals surface area contributed by atoms with Gasteiger partial charge in [-0.2, -0.15) is 0 Å². The van der Waals surface area contributed by atoms with Crippen LogP contribution < -0.4 is 11.1 Å². The number of rotatable bonds is 6. The lowest BCUT2D eigenvalue weighted by atomic mass is 10.2. The van der Waals surface area contributed by atoms with E-state index in [1.165, 1.54) is 0 Å². The fourth-order valence-electron chi connectivity index (χ4n) is 1.48. The molecular formula is C13H20N2O2S. The first-order valence-electron chi connectivity index (χ1n) is 5.98. The van der Waals surface area contributed by atoms with Crippen molar-refractivity contribution in [2.45, 2.75) is 26.3 Å². The zero-order chi connectivity index (χ0) is 13.5. The Bertz CT molecular complexity index is 435. The van der Waals surface area contributed by atoms with E-state index >= 15 is 0 Å². The molecule has 5 heteroatoms. The number of hydrogen-bond acceptors (Lipinski definition) is 3. The Hall–Kier alpha value is -1.20. The van der Waals surface area contributed by atoms with Crippen LogP contribution >= 0.6 is 0 Å². The van der Waals surface area contributed by atoms with E-state index < -0.39 is 10.8 Å². The quantitative estimate of drug-likeness (QED) is 0.819. The van der Waals surface area contributed by atoms with Gasteiger partial charge in [0.2, 0.25) is 5.91 Å². The molecule has 1 aromatic rings. The van der Waals surface area contributed by atoms with Gasteiger partial charge in [0.05, 0.1) is 0 Å². The normalized spacial score (nSPS) is 13.9. The van der Waals surface area contributed by atoms with Gasteiger partial charge in [-0.3, -0.25) is 9.00 Å². The number of anilines is 1. The zero-order valence-corrected chi connectivity index (χ0v) is 11.6. The highest BCUT2D eigenvalue weighted by molar-refractivity contribution is 7.85. The van der Waals surface area contributed by atoms with Gasteiger partial charge in [-0.15, -0.1) is 0 Å². The molecule has 4 nitrogen and oxygen atoms in total. The van der Waals surface area contributed by atoms with Crippen LogP contribution in [-0.2, 0) is 15.6 Å². The van der Waals surface area contributed by atoms with Gasteiger partial charge < -0.3 is 11.1 Å². The SMILES string of the molecule is CCC(N)CS(=O)CC(=O)Nc1cccc(C)c1. The first-order valence-corrected chi connectivity index (χ1v) is 7.47. The Morgan fingerprint density at radius 1 is 1.50 bits per heavy atom. The van der Waals surface area contributed by atoms with Crippen molar-refractivity contribution in [2.24, 2.45) is 5.73 Å². The molecule has 1 amide bonds. The Kier molecular flexibility index (Phi) is 6.01. The number of nitrogens with one attached hydrogen (secondary N) is 1. The summed E-state index contributed by atoms with van der Waals surface area (Å²) in [5.74, 6) is 0.140. The number of nitrogens with two attached hydrogens (primary N) is 1. The van der Waals surface area contributed by atoms with Gasteiger partial charge in [0.1, 0.15) is 5.75 Å². The largest absolute Gasteiger partial charge is 0.327 e. The second-order valence-corrected chi connectivity index (χ2v) is 5.84. The van der Waals surface area contributed by atoms with Crippen molar-refractivity contribution >= 4 is 22.4 Å². The van der Waals surface area contributed by atoms with Gasteiger partial charge in [0, 0.05) is 28.3 Å². The summed E-state index contributed by atoms with van der Waals surface area (Å²) in [6.45, 7) is 3.89. The van der Waals surface area contributed by atoms with Crippen molar-refractivity contribution in [3.63, 3.8) is 0 Å². The molecule has 0 aliphatic heterocycles. The highest BCUT2D eigenvalue weighted by Crippen LogP contribution is 2.09. The molecule has 0 fully saturated rings. The fourth-order valence-corrected chi connectivity index (χ4v) is 2.68. The molecule has 0 radical (unpaired) electrons. The van der Waals surface area contributed by atoms with Crippen LogP contribution in [0.3, 0.4) is 0 Å². The number of amides is 1. The maximum atomic E-state index is 11.7. The van der Waals surface area contributed by atoms with E-state index in [0.29, 0.717) is 5.75 Å². The second-order valence-electron chi connectivity index (χ2n) is 4.34. The summed E-state index contributed by atoms with van der Waals surface area (Å²) in [6.07, 6.45) is 0.769. The summed E-state index contributed by atoms with van der Waals surface area (Å²) in [5.41, 5.74) is 7.50. The minimum absolute atomic E-state index is 0.00163. The standard InChI is InChI=1S/C13H20N2O2S/c1-3-11(14)8-18(17)9-13(16)15-12-6-4-5-10(2)7-12/h4-7,11H,3,8-9,14H2,1-2H3,(H,15,16). The van der Waals surface area contributed by atoms with Crippen molar-refractivity contribution in [1.29, 1.82) is 0 Å². The van der Waals surface area contributed by atoms with E-state index in [1.54, 1.807) is 0 Å². The molecule has 100 valence electrons. The molecule has 1 rings (SSSR count). The van der Waals surface area contributed by atoms with Crippen LogP contribution in [0, 0.1) is 6.92 Å². The molecule has 0 aliphatic carbocycles. The monoisotopic (exact) mass is 268 g/mol. The van der Waals surface area contributed by atoms with Crippen LogP contribution in [0.25, 0.3) is 0 Å². The second kappa shape index (κ2) is 7.28. The summed E-state index contributed by atoms with van der Waals surface area (Å²) in [5, 5.41) is 2.73. The van der Waals surface area contributed by atoms with Gasteiger partial charge in [-0.05, 0) is 31.0 Å². The number of carbonyl (C=O) groups excluding carboxylic acids is 1. The average Bonchev–Trinajstić information content (AvgIpc) is 2.28. The predicted molar refractivity (Wildman–Crippen MR) is 76.0 cm³/mol. The molecule has 0 aromatic heterocycles. The topological polar surface area (TPSA) is 72.2 Å². The maximum absolute atomic E-state index is 11.7. The van der Waals surface area contributed by atoms with Gasteiger partial charge >= 0.3 is 0 Å². The molecule has 0 saturated heterocycles. The van der Waals surface area contributed by atoms with Gasteiger partial charge in [0.25, 0.3) is 0 Å². The fraction of sp³-hybridized carbons (Fsp3) is 0.462. The molecule has 0 aliphatic rings. The van der Waals surface area contributed by atoms with E-state index in [4.69, 9.17) is 5.73 Å². The van der Waals surface area contributed by atoms with Crippen LogP contribution in [0.4, 0.5) is 5.69 Å². The van der Waals surface area contributed by atoms with Gasteiger partial charge in [0.15, 0.2) is 0 Å². The molecule has 0 heterocycles. The van der Waals surface area contributed by atoms with E-state index in [2.05, 4.69) is 5.32 Å². The van der Waals surface area contributed by atoms with Crippen LogP contribution in [0.1, 0.15) is 18.9 Å². The highest BCUT2D eigenvalue weighted by Gasteiger charge is 2.11. The van der Waals surface area contributed by atoms with Crippen molar-refractivity contribution in [1.82, 2.24) is 0 Å². The molecule has 0 saturated carbocycles. The van der Waals surface area contributed by atoms with Crippen LogP contribution in [0.2, 0.25) is 0 Å². The first-order chi connectivity index (χ1) is 8.51. The van der Waals surface area contributed by atoms with E-state index in [1.807, 2.05) is 38.1 Å². The van der Waals surface area contributed by atoms with Crippen molar-refractivity contribution < 1.29 is 9.00 Å². The number of carbonyl (C=O) groups is 1. The third-order valence-electron chi connectivity index (χ3n) is 2.52. The van der Waals surface area contributed by atoms with Gasteiger partial charge in [-0.1, -0.05) is 19.1 Å². The number of hydrogen-bond donors (Lipinski definition) is 2. The maximum Gasteiger partial charge on any atom is 0.236 e. The summed E-state index contributed by atoms with van der Waals surface area (Å²) in [7, 11) is -1.20. The Morgan fingerprint density at radius 2 is 2.22 bits per heavy atom. The average molecular weight is 268 g/mol. The lowest BCUT2D eigenvalue weighted by molar-refractivity contribution is -0.113. The molecule has 2 unspecified atom stereocenters. The molecule has 2 atom stereocenters. The molecule has 0 spiro atoms. The molecular weight excluding hydrogens is 248 g/mol. The smallest absolute Gasteiger partial charge is 0.236 e. The summed E-state index contributed by atoms with van der Waals surface area (Å²) >= 11 is 0. The van der Waals surface area contributed by atoms with Crippen molar-refractivity contribution in [3.05, 3.63) is 29.8 Å². The van der Waals surface area contributed by atoms with E-state index in [-0.39, 0.29) is 17.7 Å². The number of aryl methyl sites for hydroxylation is 1. The lowest BCUT2D eigenvalue weighted by Gasteiger charge is -2.09. The minimum Gasteiger partial charge on any atom is -0.327 e. The third-order valence-corrected chi connectivity index (χ3v) is 3.90. The van der Waals surface area contributed by atoms with Gasteiger partial charge in [-0.25, -0.2) is 0 Å². The Labute approximate surface area is 110 Å². The van der Waals surface area contributed by atoms with E-state index in [0.717, 1.165) is 17.7 Å². The molecule has 0 bridgehead atoms. The Balaban J connectivity index is 2.44. The summed E-state index contributed by atoms with van der Waals surface area (Å²) in [6, 6.07) is 7.41. The van der Waals surface area contributed by atoms with Crippen molar-refractivity contribution in [2.75, 3.05) is 16.8 Å². The predicted octanol–water partition coefficient (Wildman–Crippen LogP) is 1.42. The number of benzene rings is 1. The Morgan fingerprint density at radius 3 is 2.83 bits per heavy atom. The first kappa shape index (κ1) is 14.9. The van der Waals surface area contributed by atoms with Crippen molar-refractivity contribution in [3.8, 4) is 0 Å². The lowest BCUT2D eigenvalue weighted by Crippen LogP contribution is -2.30.